The maximum atomic E-state index is 5.96. The van der Waals surface area contributed by atoms with Crippen LogP contribution in [0.25, 0.3) is 0 Å². The van der Waals surface area contributed by atoms with Gasteiger partial charge in [-0.2, -0.15) is 0 Å². The fourth-order valence-electron chi connectivity index (χ4n) is 2.85. The topological polar surface area (TPSA) is 47.1 Å². The molecule has 0 bridgehead atoms. The summed E-state index contributed by atoms with van der Waals surface area (Å²) >= 11 is 0. The van der Waals surface area contributed by atoms with Crippen LogP contribution in [0.15, 0.2) is 12.5 Å². The van der Waals surface area contributed by atoms with Gasteiger partial charge < -0.3 is 10.3 Å². The summed E-state index contributed by atoms with van der Waals surface area (Å²) in [5.74, 6) is 0. The van der Waals surface area contributed by atoms with Crippen LogP contribution in [0, 0.1) is 0 Å². The third-order valence-corrected chi connectivity index (χ3v) is 4.08. The van der Waals surface area contributed by atoms with Crippen molar-refractivity contribution in [1.29, 1.82) is 0 Å². The highest BCUT2D eigenvalue weighted by molar-refractivity contribution is 5.00. The summed E-state index contributed by atoms with van der Waals surface area (Å²) in [5.41, 5.74) is 7.27. The number of aromatic nitrogens is 2. The fraction of sp³-hybridized carbons (Fsp3) is 0.786. The minimum absolute atomic E-state index is 0.427. The first-order valence-electron chi connectivity index (χ1n) is 7.04. The Hall–Kier alpha value is -0.870. The molecule has 1 fully saturated rings. The highest BCUT2D eigenvalue weighted by Gasteiger charge is 2.22. The van der Waals surface area contributed by atoms with E-state index in [2.05, 4.69) is 35.3 Å². The van der Waals surface area contributed by atoms with Crippen molar-refractivity contribution in [1.82, 2.24) is 14.5 Å². The van der Waals surface area contributed by atoms with Crippen molar-refractivity contribution in [3.05, 3.63) is 18.2 Å². The van der Waals surface area contributed by atoms with E-state index in [4.69, 9.17) is 5.73 Å². The summed E-state index contributed by atoms with van der Waals surface area (Å²) in [6, 6.07) is 1.59. The predicted molar refractivity (Wildman–Crippen MR) is 74.3 cm³/mol. The maximum Gasteiger partial charge on any atom is 0.0951 e. The molecule has 102 valence electrons. The molecule has 2 rings (SSSR count). The molecule has 1 heterocycles. The molecule has 18 heavy (non-hydrogen) atoms. The van der Waals surface area contributed by atoms with Crippen molar-refractivity contribution < 1.29 is 0 Å². The van der Waals surface area contributed by atoms with Crippen LogP contribution in [0.4, 0.5) is 0 Å². The molecule has 0 radical (unpaired) electrons. The first-order chi connectivity index (χ1) is 8.58. The standard InChI is InChI=1S/C14H26N4/c1-11(2)18-10-16-8-14(18)9-17(3)13-6-4-12(15)5-7-13/h8,10-13H,4-7,9,15H2,1-3H3. The van der Waals surface area contributed by atoms with Gasteiger partial charge in [-0.25, -0.2) is 4.98 Å². The summed E-state index contributed by atoms with van der Waals surface area (Å²) in [5, 5.41) is 0. The lowest BCUT2D eigenvalue weighted by Gasteiger charge is -2.33. The van der Waals surface area contributed by atoms with Gasteiger partial charge in [0.05, 0.1) is 12.0 Å². The Kier molecular flexibility index (Phi) is 4.40. The Balaban J connectivity index is 1.94. The summed E-state index contributed by atoms with van der Waals surface area (Å²) in [6.07, 6.45) is 8.72. The van der Waals surface area contributed by atoms with Crippen molar-refractivity contribution in [2.45, 2.75) is 64.2 Å². The Morgan fingerprint density at radius 3 is 2.67 bits per heavy atom. The van der Waals surface area contributed by atoms with Gasteiger partial charge in [0.25, 0.3) is 0 Å². The average Bonchev–Trinajstić information content (AvgIpc) is 2.78. The van der Waals surface area contributed by atoms with Gasteiger partial charge in [0.1, 0.15) is 0 Å². The second-order valence-electron chi connectivity index (χ2n) is 5.87. The minimum atomic E-state index is 0.427. The number of nitrogens with zero attached hydrogens (tertiary/aromatic N) is 3. The third-order valence-electron chi connectivity index (χ3n) is 4.08. The Labute approximate surface area is 110 Å². The highest BCUT2D eigenvalue weighted by Crippen LogP contribution is 2.22. The third kappa shape index (κ3) is 3.12. The second-order valence-corrected chi connectivity index (χ2v) is 5.87. The number of hydrogen-bond acceptors (Lipinski definition) is 3. The van der Waals surface area contributed by atoms with E-state index in [1.54, 1.807) is 0 Å². The van der Waals surface area contributed by atoms with Gasteiger partial charge >= 0.3 is 0 Å². The lowest BCUT2D eigenvalue weighted by molar-refractivity contribution is 0.172. The van der Waals surface area contributed by atoms with Crippen molar-refractivity contribution in [2.24, 2.45) is 5.73 Å². The fourth-order valence-corrected chi connectivity index (χ4v) is 2.85. The molecule has 0 atom stereocenters. The lowest BCUT2D eigenvalue weighted by Crippen LogP contribution is -2.38. The molecule has 4 heteroatoms. The minimum Gasteiger partial charge on any atom is -0.331 e. The van der Waals surface area contributed by atoms with E-state index < -0.39 is 0 Å². The van der Waals surface area contributed by atoms with E-state index in [0.29, 0.717) is 18.1 Å². The van der Waals surface area contributed by atoms with E-state index in [-0.39, 0.29) is 0 Å². The predicted octanol–water partition coefficient (Wildman–Crippen LogP) is 2.17. The normalized spacial score (nSPS) is 25.0. The van der Waals surface area contributed by atoms with Gasteiger partial charge in [-0.05, 0) is 46.6 Å². The Bertz CT molecular complexity index is 364. The van der Waals surface area contributed by atoms with Crippen LogP contribution >= 0.6 is 0 Å². The van der Waals surface area contributed by atoms with Gasteiger partial charge in [0, 0.05) is 30.9 Å². The quantitative estimate of drug-likeness (QED) is 0.891. The van der Waals surface area contributed by atoms with E-state index >= 15 is 0 Å². The summed E-state index contributed by atoms with van der Waals surface area (Å²) in [7, 11) is 2.22. The largest absolute Gasteiger partial charge is 0.331 e. The van der Waals surface area contributed by atoms with E-state index in [0.717, 1.165) is 6.54 Å². The summed E-state index contributed by atoms with van der Waals surface area (Å²) in [6.45, 7) is 5.38. The van der Waals surface area contributed by atoms with Gasteiger partial charge in [0.2, 0.25) is 0 Å². The number of rotatable bonds is 4. The van der Waals surface area contributed by atoms with Crippen molar-refractivity contribution in [2.75, 3.05) is 7.05 Å². The van der Waals surface area contributed by atoms with E-state index in [9.17, 15) is 0 Å². The maximum absolute atomic E-state index is 5.96. The van der Waals surface area contributed by atoms with Gasteiger partial charge in [-0.15, -0.1) is 0 Å². The monoisotopic (exact) mass is 250 g/mol. The summed E-state index contributed by atoms with van der Waals surface area (Å²) < 4.78 is 2.26. The van der Waals surface area contributed by atoms with Crippen LogP contribution < -0.4 is 5.73 Å². The first kappa shape index (κ1) is 13.6. The van der Waals surface area contributed by atoms with Crippen molar-refractivity contribution >= 4 is 0 Å². The molecule has 0 aromatic carbocycles. The molecular weight excluding hydrogens is 224 g/mol. The van der Waals surface area contributed by atoms with Gasteiger partial charge in [0.15, 0.2) is 0 Å². The molecule has 0 unspecified atom stereocenters. The molecule has 2 N–H and O–H groups in total. The zero-order valence-electron chi connectivity index (χ0n) is 11.8. The van der Waals surface area contributed by atoms with Crippen LogP contribution in [0.3, 0.4) is 0 Å². The zero-order chi connectivity index (χ0) is 13.1. The molecule has 1 aliphatic carbocycles. The number of imidazole rings is 1. The van der Waals surface area contributed by atoms with Gasteiger partial charge in [-0.1, -0.05) is 0 Å². The van der Waals surface area contributed by atoms with Crippen LogP contribution in [0.2, 0.25) is 0 Å². The molecule has 1 saturated carbocycles. The highest BCUT2D eigenvalue weighted by atomic mass is 15.2. The molecule has 1 aromatic rings. The van der Waals surface area contributed by atoms with Gasteiger partial charge in [-0.3, -0.25) is 4.90 Å². The smallest absolute Gasteiger partial charge is 0.0951 e. The van der Waals surface area contributed by atoms with Crippen LogP contribution in [-0.4, -0.2) is 33.6 Å². The molecule has 0 aliphatic heterocycles. The molecule has 1 aromatic heterocycles. The number of hydrogen-bond donors (Lipinski definition) is 1. The molecular formula is C14H26N4. The van der Waals surface area contributed by atoms with E-state index in [1.165, 1.54) is 31.4 Å². The lowest BCUT2D eigenvalue weighted by atomic mass is 9.91. The molecule has 1 aliphatic rings. The van der Waals surface area contributed by atoms with Crippen molar-refractivity contribution in [3.63, 3.8) is 0 Å². The molecule has 0 amide bonds. The molecule has 4 nitrogen and oxygen atoms in total. The average molecular weight is 250 g/mol. The number of nitrogens with two attached hydrogens (primary N) is 1. The van der Waals surface area contributed by atoms with Crippen LogP contribution in [0.1, 0.15) is 51.3 Å². The summed E-state index contributed by atoms with van der Waals surface area (Å²) in [4.78, 5) is 6.73. The Morgan fingerprint density at radius 2 is 2.06 bits per heavy atom. The SMILES string of the molecule is CC(C)n1cncc1CN(C)C1CCC(N)CC1. The van der Waals surface area contributed by atoms with Crippen LogP contribution in [-0.2, 0) is 6.54 Å². The zero-order valence-corrected chi connectivity index (χ0v) is 11.8. The second kappa shape index (κ2) is 5.85. The van der Waals surface area contributed by atoms with Crippen molar-refractivity contribution in [3.8, 4) is 0 Å². The molecule has 0 saturated heterocycles. The van der Waals surface area contributed by atoms with Crippen LogP contribution in [0.5, 0.6) is 0 Å². The molecule has 0 spiro atoms. The van der Waals surface area contributed by atoms with E-state index in [1.807, 2.05) is 12.5 Å². The Morgan fingerprint density at radius 1 is 1.39 bits per heavy atom. The first-order valence-corrected chi connectivity index (χ1v) is 7.04.